The van der Waals surface area contributed by atoms with Crippen molar-refractivity contribution < 1.29 is 35.5 Å². The molecule has 1 fully saturated rings. The van der Waals surface area contributed by atoms with Crippen LogP contribution in [0.5, 0.6) is 0 Å². The molecule has 15 heteroatoms. The summed E-state index contributed by atoms with van der Waals surface area (Å²) in [5.41, 5.74) is -0.809. The van der Waals surface area contributed by atoms with Crippen molar-refractivity contribution in [3.05, 3.63) is 97.2 Å². The van der Waals surface area contributed by atoms with E-state index in [2.05, 4.69) is 0 Å². The Morgan fingerprint density at radius 1 is 0.886 bits per heavy atom. The maximum absolute atomic E-state index is 14.2. The predicted molar refractivity (Wildman–Crippen MR) is 151 cm³/mol. The minimum atomic E-state index is -4.91. The van der Waals surface area contributed by atoms with Gasteiger partial charge in [-0.15, -0.1) is 0 Å². The molecule has 0 saturated carbocycles. The molecule has 1 saturated heterocycles. The lowest BCUT2D eigenvalue weighted by atomic mass is 9.81. The Hall–Kier alpha value is -3.45. The van der Waals surface area contributed by atoms with Crippen LogP contribution in [0.15, 0.2) is 64.5 Å². The quantitative estimate of drug-likeness (QED) is 0.277. The molecular weight excluding hydrogens is 640 g/mol. The summed E-state index contributed by atoms with van der Waals surface area (Å²) in [6, 6.07) is 9.17. The summed E-state index contributed by atoms with van der Waals surface area (Å²) < 4.78 is 97.3. The molecule has 2 aliphatic heterocycles. The number of amides is 1. The number of fused-ring (bicyclic) bond motifs is 1. The fourth-order valence-corrected chi connectivity index (χ4v) is 6.19. The van der Waals surface area contributed by atoms with Crippen LogP contribution in [0, 0.1) is 5.82 Å². The van der Waals surface area contributed by atoms with Gasteiger partial charge in [0.25, 0.3) is 11.5 Å². The van der Waals surface area contributed by atoms with Crippen LogP contribution in [0.1, 0.15) is 36.6 Å². The summed E-state index contributed by atoms with van der Waals surface area (Å²) in [5, 5.41) is 0.101. The Morgan fingerprint density at radius 2 is 1.52 bits per heavy atom. The monoisotopic (exact) mass is 664 g/mol. The summed E-state index contributed by atoms with van der Waals surface area (Å²) >= 11 is 12.3. The van der Waals surface area contributed by atoms with Crippen molar-refractivity contribution in [2.45, 2.75) is 44.2 Å². The fourth-order valence-electron chi connectivity index (χ4n) is 5.89. The molecule has 5 rings (SSSR count). The van der Waals surface area contributed by atoms with Crippen molar-refractivity contribution in [3.8, 4) is 0 Å². The minimum Gasteiger partial charge on any atom is -0.368 e. The Bertz CT molecular complexity index is 1650. The molecule has 0 bridgehead atoms. The molecule has 1 amide bonds. The van der Waals surface area contributed by atoms with Crippen LogP contribution < -0.4 is 10.5 Å². The molecule has 2 unspecified atom stereocenters. The first-order valence-electron chi connectivity index (χ1n) is 13.4. The summed E-state index contributed by atoms with van der Waals surface area (Å²) in [7, 11) is 0. The Morgan fingerprint density at radius 3 is 2.09 bits per heavy atom. The van der Waals surface area contributed by atoms with Crippen LogP contribution in [-0.4, -0.2) is 58.7 Å². The van der Waals surface area contributed by atoms with Crippen molar-refractivity contribution in [3.63, 3.8) is 0 Å². The number of benzene rings is 2. The summed E-state index contributed by atoms with van der Waals surface area (Å²) in [6.45, 7) is 0.399. The first-order valence-corrected chi connectivity index (χ1v) is 14.2. The van der Waals surface area contributed by atoms with Crippen LogP contribution in [0.4, 0.5) is 36.4 Å². The molecule has 1 aromatic heterocycles. The van der Waals surface area contributed by atoms with Crippen LogP contribution in [0.25, 0.3) is 0 Å². The molecule has 3 aromatic rings. The van der Waals surface area contributed by atoms with Gasteiger partial charge < -0.3 is 9.80 Å². The average Bonchev–Trinajstić information content (AvgIpc) is 3.25. The molecule has 6 nitrogen and oxygen atoms in total. The molecule has 2 atom stereocenters. The number of carbonyl (C=O) groups excluding carboxylic acids is 1. The van der Waals surface area contributed by atoms with Gasteiger partial charge in [0.2, 0.25) is 0 Å². The number of nitrogens with zero attached hydrogens (tertiary/aromatic N) is 4. The van der Waals surface area contributed by atoms with Crippen molar-refractivity contribution in [2.75, 3.05) is 31.1 Å². The van der Waals surface area contributed by atoms with Gasteiger partial charge in [-0.25, -0.2) is 9.07 Å². The van der Waals surface area contributed by atoms with E-state index in [4.69, 9.17) is 23.2 Å². The number of hydrogen-bond acceptors (Lipinski definition) is 3. The maximum atomic E-state index is 14.2. The molecule has 2 aliphatic rings. The summed E-state index contributed by atoms with van der Waals surface area (Å²) in [5.74, 6) is -2.71. The van der Waals surface area contributed by atoms with Gasteiger partial charge in [0.1, 0.15) is 18.4 Å². The van der Waals surface area contributed by atoms with E-state index in [9.17, 15) is 40.3 Å². The molecule has 0 spiro atoms. The number of hydrogen-bond donors (Lipinski definition) is 0. The number of halogens is 9. The van der Waals surface area contributed by atoms with E-state index in [0.717, 1.165) is 10.7 Å². The van der Waals surface area contributed by atoms with Gasteiger partial charge >= 0.3 is 12.4 Å². The Balaban J connectivity index is 1.63. The zero-order valence-corrected chi connectivity index (χ0v) is 24.5. The number of carbonyl (C=O) groups is 1. The molecule has 0 radical (unpaired) electrons. The van der Waals surface area contributed by atoms with E-state index in [1.807, 2.05) is 4.90 Å². The molecule has 2 aromatic carbocycles. The molecule has 0 N–H and O–H groups in total. The van der Waals surface area contributed by atoms with Gasteiger partial charge in [-0.1, -0.05) is 34.8 Å². The largest absolute Gasteiger partial charge is 0.408 e. The van der Waals surface area contributed by atoms with Gasteiger partial charge in [0.15, 0.2) is 0 Å². The third kappa shape index (κ3) is 6.49. The van der Waals surface area contributed by atoms with E-state index in [0.29, 0.717) is 23.5 Å². The highest BCUT2D eigenvalue weighted by molar-refractivity contribution is 6.42. The van der Waals surface area contributed by atoms with E-state index in [-0.39, 0.29) is 45.5 Å². The van der Waals surface area contributed by atoms with Gasteiger partial charge in [-0.2, -0.15) is 26.3 Å². The number of aromatic nitrogens is 2. The molecule has 44 heavy (non-hydrogen) atoms. The van der Waals surface area contributed by atoms with E-state index in [1.165, 1.54) is 42.2 Å². The van der Waals surface area contributed by atoms with Gasteiger partial charge in [0, 0.05) is 55.1 Å². The SMILES string of the molecule is CC1=C(C(=O)N2CCN(c3ccc(F)cc3)CC2)C(c2ccc(Cl)c(Cl)c2)n2c(cc(=O)n2CC(F)(F)F)C1CC(F)(F)F. The van der Waals surface area contributed by atoms with E-state index < -0.39 is 54.6 Å². The zero-order valence-electron chi connectivity index (χ0n) is 23.0. The van der Waals surface area contributed by atoms with Gasteiger partial charge in [0.05, 0.1) is 16.5 Å². The van der Waals surface area contributed by atoms with Crippen molar-refractivity contribution >= 4 is 34.8 Å². The van der Waals surface area contributed by atoms with Crippen molar-refractivity contribution in [2.24, 2.45) is 0 Å². The zero-order chi connectivity index (χ0) is 32.1. The third-order valence-electron chi connectivity index (χ3n) is 7.89. The fraction of sp³-hybridized carbons (Fsp3) is 0.379. The lowest BCUT2D eigenvalue weighted by Gasteiger charge is -2.41. The Labute approximate surface area is 256 Å². The second kappa shape index (κ2) is 11.8. The molecular formula is C29H25Cl2F7N4O2. The summed E-state index contributed by atoms with van der Waals surface area (Å²) in [4.78, 5) is 30.5. The number of allylic oxidation sites excluding steroid dienone is 1. The highest BCUT2D eigenvalue weighted by atomic mass is 35.5. The van der Waals surface area contributed by atoms with Gasteiger partial charge in [-0.05, 0) is 48.9 Å². The normalized spacial score (nSPS) is 19.4. The second-order valence-corrected chi connectivity index (χ2v) is 11.5. The number of anilines is 1. The first kappa shape index (κ1) is 32.0. The number of piperazine rings is 1. The molecule has 236 valence electrons. The van der Waals surface area contributed by atoms with E-state index >= 15 is 0 Å². The van der Waals surface area contributed by atoms with Crippen LogP contribution in [0.3, 0.4) is 0 Å². The maximum Gasteiger partial charge on any atom is 0.408 e. The number of alkyl halides is 6. The lowest BCUT2D eigenvalue weighted by molar-refractivity contribution is -0.146. The van der Waals surface area contributed by atoms with Gasteiger partial charge in [-0.3, -0.25) is 14.3 Å². The van der Waals surface area contributed by atoms with Crippen molar-refractivity contribution in [1.82, 2.24) is 14.3 Å². The average molecular weight is 665 g/mol. The smallest absolute Gasteiger partial charge is 0.368 e. The van der Waals surface area contributed by atoms with Crippen LogP contribution in [-0.2, 0) is 11.3 Å². The third-order valence-corrected chi connectivity index (χ3v) is 8.63. The van der Waals surface area contributed by atoms with Crippen LogP contribution >= 0.6 is 23.2 Å². The van der Waals surface area contributed by atoms with Crippen molar-refractivity contribution in [1.29, 1.82) is 0 Å². The highest BCUT2D eigenvalue weighted by Gasteiger charge is 2.45. The number of rotatable bonds is 5. The standard InChI is InChI=1S/C29H25Cl2F7N4O2/c1-16-20(14-28(33,34)35)23-13-24(43)41(15-29(36,37)38)42(23)26(17-2-7-21(30)22(31)12-17)25(16)27(44)40-10-8-39(9-11-40)19-5-3-18(32)4-6-19/h2-7,12-13,20,26H,8-11,14-15H2,1H3. The minimum absolute atomic E-state index is 0.00243. The van der Waals surface area contributed by atoms with E-state index in [1.54, 1.807) is 12.1 Å². The topological polar surface area (TPSA) is 50.5 Å². The second-order valence-electron chi connectivity index (χ2n) is 10.7. The first-order chi connectivity index (χ1) is 20.5. The molecule has 3 heterocycles. The van der Waals surface area contributed by atoms with Crippen LogP contribution in [0.2, 0.25) is 10.0 Å². The highest BCUT2D eigenvalue weighted by Crippen LogP contribution is 2.47. The Kier molecular flexibility index (Phi) is 8.58. The lowest BCUT2D eigenvalue weighted by Crippen LogP contribution is -2.50. The molecule has 0 aliphatic carbocycles. The summed E-state index contributed by atoms with van der Waals surface area (Å²) in [6.07, 6.45) is -11.2. The predicted octanol–water partition coefficient (Wildman–Crippen LogP) is 6.96.